The summed E-state index contributed by atoms with van der Waals surface area (Å²) in [5.74, 6) is 0.914. The van der Waals surface area contributed by atoms with Crippen LogP contribution in [0.4, 0.5) is 0 Å². The monoisotopic (exact) mass is 379 g/mol. The molecule has 1 atom stereocenters. The molecule has 0 radical (unpaired) electrons. The molecule has 0 aliphatic carbocycles. The van der Waals surface area contributed by atoms with E-state index in [-0.39, 0.29) is 11.2 Å². The van der Waals surface area contributed by atoms with Crippen molar-refractivity contribution < 1.29 is 4.79 Å². The lowest BCUT2D eigenvalue weighted by Gasteiger charge is -2.22. The highest BCUT2D eigenvalue weighted by atomic mass is 32.2. The van der Waals surface area contributed by atoms with Crippen molar-refractivity contribution in [3.8, 4) is 11.4 Å². The highest BCUT2D eigenvalue weighted by Gasteiger charge is 2.30. The standard InChI is InChI=1S/C20H21N5OS/c1-24-18(16-9-11-21-12-10-16)22-23-20(24)27-17(15-7-3-2-4-8-15)19(26)25-13-5-6-14-25/h2-4,7-12,17H,5-6,13-14H2,1H3/t17-/m0/s1. The van der Waals surface area contributed by atoms with E-state index >= 15 is 0 Å². The summed E-state index contributed by atoms with van der Waals surface area (Å²) in [4.78, 5) is 19.2. The molecule has 4 rings (SSSR count). The number of pyridine rings is 1. The first-order valence-electron chi connectivity index (χ1n) is 9.04. The van der Waals surface area contributed by atoms with Crippen molar-refractivity contribution in [1.82, 2.24) is 24.6 Å². The van der Waals surface area contributed by atoms with Crippen LogP contribution in [0.2, 0.25) is 0 Å². The molecule has 1 aliphatic rings. The normalized spacial score (nSPS) is 15.1. The van der Waals surface area contributed by atoms with Gasteiger partial charge in [-0.3, -0.25) is 9.78 Å². The van der Waals surface area contributed by atoms with Crippen molar-refractivity contribution >= 4 is 17.7 Å². The van der Waals surface area contributed by atoms with Crippen molar-refractivity contribution in [2.24, 2.45) is 7.05 Å². The van der Waals surface area contributed by atoms with Gasteiger partial charge in [0, 0.05) is 38.1 Å². The van der Waals surface area contributed by atoms with Gasteiger partial charge in [0.15, 0.2) is 11.0 Å². The molecule has 27 heavy (non-hydrogen) atoms. The molecule has 0 spiro atoms. The Morgan fingerprint density at radius 1 is 1.04 bits per heavy atom. The Morgan fingerprint density at radius 3 is 2.44 bits per heavy atom. The highest BCUT2D eigenvalue weighted by molar-refractivity contribution is 8.00. The molecule has 0 saturated carbocycles. The molecule has 1 aromatic carbocycles. The molecule has 3 aromatic rings. The van der Waals surface area contributed by atoms with Gasteiger partial charge in [-0.2, -0.15) is 0 Å². The first-order valence-corrected chi connectivity index (χ1v) is 9.92. The quantitative estimate of drug-likeness (QED) is 0.636. The number of hydrogen-bond donors (Lipinski definition) is 0. The maximum atomic E-state index is 13.2. The van der Waals surface area contributed by atoms with Crippen LogP contribution in [0.25, 0.3) is 11.4 Å². The van der Waals surface area contributed by atoms with Crippen molar-refractivity contribution in [1.29, 1.82) is 0 Å². The SMILES string of the molecule is Cn1c(S[C@H](C(=O)N2CCCC2)c2ccccc2)nnc1-c1ccncc1. The summed E-state index contributed by atoms with van der Waals surface area (Å²) in [5.41, 5.74) is 1.95. The van der Waals surface area contributed by atoms with Crippen LogP contribution < -0.4 is 0 Å². The smallest absolute Gasteiger partial charge is 0.240 e. The second-order valence-corrected chi connectivity index (χ2v) is 7.61. The molecule has 3 heterocycles. The van der Waals surface area contributed by atoms with E-state index in [0.717, 1.165) is 48.0 Å². The zero-order valence-electron chi connectivity index (χ0n) is 15.2. The molecule has 0 bridgehead atoms. The van der Waals surface area contributed by atoms with E-state index in [1.807, 2.05) is 59.0 Å². The summed E-state index contributed by atoms with van der Waals surface area (Å²) < 4.78 is 1.94. The minimum atomic E-state index is -0.322. The van der Waals surface area contributed by atoms with Gasteiger partial charge in [0.05, 0.1) is 0 Å². The van der Waals surface area contributed by atoms with Gasteiger partial charge in [0.1, 0.15) is 5.25 Å². The Labute approximate surface area is 162 Å². The number of amides is 1. The molecule has 7 heteroatoms. The molecule has 1 fully saturated rings. The predicted octanol–water partition coefficient (Wildman–Crippen LogP) is 3.33. The van der Waals surface area contributed by atoms with E-state index in [4.69, 9.17) is 0 Å². The predicted molar refractivity (Wildman–Crippen MR) is 105 cm³/mol. The van der Waals surface area contributed by atoms with Gasteiger partial charge in [-0.05, 0) is 30.5 Å². The van der Waals surface area contributed by atoms with Crippen LogP contribution in [0.15, 0.2) is 60.0 Å². The first-order chi connectivity index (χ1) is 13.2. The fraction of sp³-hybridized carbons (Fsp3) is 0.300. The van der Waals surface area contributed by atoms with Crippen LogP contribution in [0.5, 0.6) is 0 Å². The highest BCUT2D eigenvalue weighted by Crippen LogP contribution is 2.37. The maximum Gasteiger partial charge on any atom is 0.240 e. The summed E-state index contributed by atoms with van der Waals surface area (Å²) in [6.07, 6.45) is 5.63. The third-order valence-corrected chi connectivity index (χ3v) is 6.02. The lowest BCUT2D eigenvalue weighted by atomic mass is 10.1. The summed E-state index contributed by atoms with van der Waals surface area (Å²) in [6.45, 7) is 1.67. The largest absolute Gasteiger partial charge is 0.341 e. The van der Waals surface area contributed by atoms with Crippen molar-refractivity contribution in [3.05, 3.63) is 60.4 Å². The van der Waals surface area contributed by atoms with Crippen LogP contribution in [0.1, 0.15) is 23.7 Å². The number of hydrogen-bond acceptors (Lipinski definition) is 5. The Bertz CT molecular complexity index is 907. The summed E-state index contributed by atoms with van der Waals surface area (Å²) >= 11 is 1.46. The molecule has 0 N–H and O–H groups in total. The number of thioether (sulfide) groups is 1. The number of aromatic nitrogens is 4. The van der Waals surface area contributed by atoms with Crippen LogP contribution in [-0.2, 0) is 11.8 Å². The van der Waals surface area contributed by atoms with Gasteiger partial charge in [-0.1, -0.05) is 42.1 Å². The molecule has 2 aromatic heterocycles. The number of benzene rings is 1. The Morgan fingerprint density at radius 2 is 1.74 bits per heavy atom. The Hall–Kier alpha value is -2.67. The zero-order chi connectivity index (χ0) is 18.6. The second kappa shape index (κ2) is 7.92. The molecule has 1 aliphatic heterocycles. The molecule has 0 unspecified atom stereocenters. The lowest BCUT2D eigenvalue weighted by Crippen LogP contribution is -2.31. The van der Waals surface area contributed by atoms with Gasteiger partial charge in [0.25, 0.3) is 0 Å². The van der Waals surface area contributed by atoms with Crippen LogP contribution in [-0.4, -0.2) is 43.6 Å². The lowest BCUT2D eigenvalue weighted by molar-refractivity contribution is -0.129. The zero-order valence-corrected chi connectivity index (χ0v) is 16.0. The van der Waals surface area contributed by atoms with Gasteiger partial charge in [-0.25, -0.2) is 0 Å². The van der Waals surface area contributed by atoms with Crippen LogP contribution in [0, 0.1) is 0 Å². The third kappa shape index (κ3) is 3.73. The van der Waals surface area contributed by atoms with E-state index in [1.54, 1.807) is 12.4 Å². The van der Waals surface area contributed by atoms with Crippen molar-refractivity contribution in [2.45, 2.75) is 23.2 Å². The molecular weight excluding hydrogens is 358 g/mol. The first kappa shape index (κ1) is 17.7. The third-order valence-electron chi connectivity index (χ3n) is 4.74. The Balaban J connectivity index is 1.64. The summed E-state index contributed by atoms with van der Waals surface area (Å²) in [5, 5.41) is 9.08. The molecule has 1 amide bonds. The van der Waals surface area contributed by atoms with Crippen molar-refractivity contribution in [3.63, 3.8) is 0 Å². The van der Waals surface area contributed by atoms with E-state index in [1.165, 1.54) is 11.8 Å². The van der Waals surface area contributed by atoms with Gasteiger partial charge < -0.3 is 9.47 Å². The van der Waals surface area contributed by atoms with E-state index in [2.05, 4.69) is 15.2 Å². The minimum absolute atomic E-state index is 0.150. The summed E-state index contributed by atoms with van der Waals surface area (Å²) in [7, 11) is 1.93. The molecule has 6 nitrogen and oxygen atoms in total. The Kier molecular flexibility index (Phi) is 5.20. The second-order valence-electron chi connectivity index (χ2n) is 6.54. The topological polar surface area (TPSA) is 63.9 Å². The van der Waals surface area contributed by atoms with Crippen LogP contribution in [0.3, 0.4) is 0 Å². The van der Waals surface area contributed by atoms with E-state index < -0.39 is 0 Å². The number of nitrogens with zero attached hydrogens (tertiary/aromatic N) is 5. The average molecular weight is 379 g/mol. The van der Waals surface area contributed by atoms with E-state index in [0.29, 0.717) is 0 Å². The van der Waals surface area contributed by atoms with Gasteiger partial charge in [-0.15, -0.1) is 10.2 Å². The number of rotatable bonds is 5. The van der Waals surface area contributed by atoms with Crippen LogP contribution >= 0.6 is 11.8 Å². The molecule has 1 saturated heterocycles. The van der Waals surface area contributed by atoms with E-state index in [9.17, 15) is 4.79 Å². The molecule has 138 valence electrons. The number of carbonyl (C=O) groups excluding carboxylic acids is 1. The van der Waals surface area contributed by atoms with Gasteiger partial charge >= 0.3 is 0 Å². The molecular formula is C20H21N5OS. The minimum Gasteiger partial charge on any atom is -0.341 e. The summed E-state index contributed by atoms with van der Waals surface area (Å²) in [6, 6.07) is 13.7. The average Bonchev–Trinajstić information content (AvgIpc) is 3.37. The fourth-order valence-electron chi connectivity index (χ4n) is 3.27. The maximum absolute atomic E-state index is 13.2. The van der Waals surface area contributed by atoms with Gasteiger partial charge in [0.2, 0.25) is 5.91 Å². The fourth-order valence-corrected chi connectivity index (χ4v) is 4.35. The number of likely N-dealkylation sites (tertiary alicyclic amines) is 1. The van der Waals surface area contributed by atoms with Crippen molar-refractivity contribution in [2.75, 3.05) is 13.1 Å². The number of carbonyl (C=O) groups is 1.